The average molecular weight is 278 g/mol. The number of carbonyl (C=O) groups excluding carboxylic acids is 1. The van der Waals surface area contributed by atoms with Crippen molar-refractivity contribution in [2.45, 2.75) is 51.6 Å². The minimum Gasteiger partial charge on any atom is -0.340 e. The van der Waals surface area contributed by atoms with Crippen LogP contribution < -0.4 is 5.73 Å². The van der Waals surface area contributed by atoms with E-state index in [9.17, 15) is 4.79 Å². The molecule has 5 heteroatoms. The number of rotatable bonds is 6. The summed E-state index contributed by atoms with van der Waals surface area (Å²) in [6.45, 7) is 4.18. The second-order valence-electron chi connectivity index (χ2n) is 5.55. The van der Waals surface area contributed by atoms with Crippen LogP contribution in [0.25, 0.3) is 0 Å². The highest BCUT2D eigenvalue weighted by Crippen LogP contribution is 2.28. The van der Waals surface area contributed by atoms with E-state index in [1.807, 2.05) is 21.8 Å². The van der Waals surface area contributed by atoms with Crippen molar-refractivity contribution in [3.05, 3.63) is 18.5 Å². The number of nitrogens with two attached hydrogens (primary N) is 1. The van der Waals surface area contributed by atoms with Crippen LogP contribution in [-0.2, 0) is 11.3 Å². The summed E-state index contributed by atoms with van der Waals surface area (Å²) in [7, 11) is 0. The maximum absolute atomic E-state index is 12.5. The Morgan fingerprint density at radius 3 is 2.90 bits per heavy atom. The summed E-state index contributed by atoms with van der Waals surface area (Å²) >= 11 is 0. The minimum absolute atomic E-state index is 0.230. The maximum Gasteiger partial charge on any atom is 0.224 e. The predicted molar refractivity (Wildman–Crippen MR) is 79.0 cm³/mol. The zero-order chi connectivity index (χ0) is 14.4. The van der Waals surface area contributed by atoms with Crippen LogP contribution in [0.3, 0.4) is 0 Å². The lowest BCUT2D eigenvalue weighted by molar-refractivity contribution is -0.135. The Hall–Kier alpha value is -1.36. The summed E-state index contributed by atoms with van der Waals surface area (Å²) in [4.78, 5) is 14.5. The summed E-state index contributed by atoms with van der Waals surface area (Å²) in [5, 5.41) is 4.14. The van der Waals surface area contributed by atoms with Crippen molar-refractivity contribution in [3.8, 4) is 0 Å². The average Bonchev–Trinajstić information content (AvgIpc) is 3.00. The van der Waals surface area contributed by atoms with Crippen molar-refractivity contribution < 1.29 is 4.79 Å². The zero-order valence-corrected chi connectivity index (χ0v) is 12.4. The lowest BCUT2D eigenvalue weighted by Gasteiger charge is -2.39. The molecule has 1 amide bonds. The Morgan fingerprint density at radius 2 is 2.25 bits per heavy atom. The molecule has 112 valence electrons. The molecule has 0 aromatic carbocycles. The molecule has 0 saturated heterocycles. The Bertz CT molecular complexity index is 404. The molecule has 0 spiro atoms. The predicted octanol–water partition coefficient (Wildman–Crippen LogP) is 1.64. The Morgan fingerprint density at radius 1 is 1.45 bits per heavy atom. The van der Waals surface area contributed by atoms with Crippen molar-refractivity contribution in [1.82, 2.24) is 14.7 Å². The summed E-state index contributed by atoms with van der Waals surface area (Å²) in [6, 6.07) is 2.22. The highest BCUT2D eigenvalue weighted by molar-refractivity contribution is 5.76. The lowest BCUT2D eigenvalue weighted by atomic mass is 9.83. The van der Waals surface area contributed by atoms with Crippen molar-refractivity contribution in [2.24, 2.45) is 11.7 Å². The third kappa shape index (κ3) is 3.60. The molecule has 20 heavy (non-hydrogen) atoms. The summed E-state index contributed by atoms with van der Waals surface area (Å²) in [5.74, 6) is 0.700. The first-order valence-electron chi connectivity index (χ1n) is 7.73. The molecule has 0 aliphatic heterocycles. The van der Waals surface area contributed by atoms with Gasteiger partial charge < -0.3 is 10.6 Å². The van der Waals surface area contributed by atoms with E-state index in [0.717, 1.165) is 19.4 Å². The van der Waals surface area contributed by atoms with Gasteiger partial charge in [-0.05, 0) is 38.3 Å². The number of amides is 1. The van der Waals surface area contributed by atoms with Crippen LogP contribution in [0.2, 0.25) is 0 Å². The van der Waals surface area contributed by atoms with Crippen LogP contribution in [-0.4, -0.2) is 39.7 Å². The van der Waals surface area contributed by atoms with Gasteiger partial charge in [0.25, 0.3) is 0 Å². The molecule has 2 rings (SSSR count). The molecule has 1 aliphatic rings. The van der Waals surface area contributed by atoms with Crippen molar-refractivity contribution in [2.75, 3.05) is 13.1 Å². The fourth-order valence-corrected chi connectivity index (χ4v) is 3.26. The molecule has 1 aromatic heterocycles. The highest BCUT2D eigenvalue weighted by Gasteiger charge is 2.30. The normalized spacial score (nSPS) is 22.7. The van der Waals surface area contributed by atoms with Gasteiger partial charge in [0.05, 0.1) is 0 Å². The van der Waals surface area contributed by atoms with E-state index < -0.39 is 0 Å². The molecule has 1 aromatic rings. The molecule has 5 nitrogen and oxygen atoms in total. The zero-order valence-electron chi connectivity index (χ0n) is 12.4. The van der Waals surface area contributed by atoms with E-state index in [1.54, 1.807) is 6.20 Å². The Labute approximate surface area is 121 Å². The monoisotopic (exact) mass is 278 g/mol. The van der Waals surface area contributed by atoms with E-state index >= 15 is 0 Å². The van der Waals surface area contributed by atoms with Gasteiger partial charge in [-0.2, -0.15) is 5.10 Å². The van der Waals surface area contributed by atoms with E-state index in [-0.39, 0.29) is 5.91 Å². The summed E-state index contributed by atoms with van der Waals surface area (Å²) in [5.41, 5.74) is 5.89. The molecule has 1 aliphatic carbocycles. The second-order valence-corrected chi connectivity index (χ2v) is 5.55. The van der Waals surface area contributed by atoms with Gasteiger partial charge in [0.15, 0.2) is 0 Å². The fraction of sp³-hybridized carbons (Fsp3) is 0.733. The molecule has 0 bridgehead atoms. The van der Waals surface area contributed by atoms with Gasteiger partial charge in [-0.3, -0.25) is 9.48 Å². The molecule has 2 unspecified atom stereocenters. The number of aromatic nitrogens is 2. The Kier molecular flexibility index (Phi) is 5.59. The second kappa shape index (κ2) is 7.43. The van der Waals surface area contributed by atoms with Crippen molar-refractivity contribution in [3.63, 3.8) is 0 Å². The van der Waals surface area contributed by atoms with Crippen LogP contribution in [0, 0.1) is 5.92 Å². The Balaban J connectivity index is 1.93. The molecule has 0 radical (unpaired) electrons. The SMILES string of the molecule is CCN(C(=O)CCn1cccn1)C1CCCCC1CN. The standard InChI is InChI=1S/C15H26N4O/c1-2-19(14-7-4-3-6-13(14)12-16)15(20)8-11-18-10-5-9-17-18/h5,9-10,13-14H,2-4,6-8,11-12,16H2,1H3. The van der Waals surface area contributed by atoms with E-state index in [4.69, 9.17) is 5.73 Å². The van der Waals surface area contributed by atoms with E-state index in [1.165, 1.54) is 12.8 Å². The number of hydrogen-bond donors (Lipinski definition) is 1. The largest absolute Gasteiger partial charge is 0.340 e. The number of hydrogen-bond acceptors (Lipinski definition) is 3. The molecule has 2 atom stereocenters. The number of aryl methyl sites for hydroxylation is 1. The summed E-state index contributed by atoms with van der Waals surface area (Å²) < 4.78 is 1.81. The third-order valence-electron chi connectivity index (χ3n) is 4.35. The smallest absolute Gasteiger partial charge is 0.224 e. The van der Waals surface area contributed by atoms with Crippen molar-refractivity contribution >= 4 is 5.91 Å². The molecule has 1 saturated carbocycles. The first-order chi connectivity index (χ1) is 9.76. The van der Waals surface area contributed by atoms with Crippen molar-refractivity contribution in [1.29, 1.82) is 0 Å². The van der Waals surface area contributed by atoms with Crippen LogP contribution >= 0.6 is 0 Å². The van der Waals surface area contributed by atoms with Gasteiger partial charge in [-0.1, -0.05) is 12.8 Å². The van der Waals surface area contributed by atoms with E-state index in [0.29, 0.717) is 31.5 Å². The van der Waals surface area contributed by atoms with Gasteiger partial charge in [-0.15, -0.1) is 0 Å². The highest BCUT2D eigenvalue weighted by atomic mass is 16.2. The first-order valence-corrected chi connectivity index (χ1v) is 7.73. The third-order valence-corrected chi connectivity index (χ3v) is 4.35. The maximum atomic E-state index is 12.5. The molecular weight excluding hydrogens is 252 g/mol. The van der Waals surface area contributed by atoms with Gasteiger partial charge in [0.2, 0.25) is 5.91 Å². The van der Waals surface area contributed by atoms with Crippen LogP contribution in [0.15, 0.2) is 18.5 Å². The minimum atomic E-state index is 0.230. The molecule has 1 heterocycles. The first kappa shape index (κ1) is 15.0. The summed E-state index contributed by atoms with van der Waals surface area (Å²) in [6.07, 6.45) is 8.87. The van der Waals surface area contributed by atoms with Crippen LogP contribution in [0.4, 0.5) is 0 Å². The molecular formula is C15H26N4O. The van der Waals surface area contributed by atoms with Gasteiger partial charge in [0.1, 0.15) is 0 Å². The fourth-order valence-electron chi connectivity index (χ4n) is 3.26. The van der Waals surface area contributed by atoms with Gasteiger partial charge in [-0.25, -0.2) is 0 Å². The van der Waals surface area contributed by atoms with Gasteiger partial charge >= 0.3 is 0 Å². The molecule has 1 fully saturated rings. The number of nitrogens with zero attached hydrogens (tertiary/aromatic N) is 3. The van der Waals surface area contributed by atoms with Crippen LogP contribution in [0.5, 0.6) is 0 Å². The lowest BCUT2D eigenvalue weighted by Crippen LogP contribution is -2.48. The van der Waals surface area contributed by atoms with Crippen LogP contribution in [0.1, 0.15) is 39.0 Å². The van der Waals surface area contributed by atoms with E-state index in [2.05, 4.69) is 12.0 Å². The van der Waals surface area contributed by atoms with Gasteiger partial charge in [0, 0.05) is 37.9 Å². The molecule has 2 N–H and O–H groups in total. The quantitative estimate of drug-likeness (QED) is 0.860. The topological polar surface area (TPSA) is 64.2 Å². The number of carbonyl (C=O) groups is 1.